The zero-order chi connectivity index (χ0) is 16.0. The van der Waals surface area contributed by atoms with Crippen molar-refractivity contribution in [1.29, 1.82) is 0 Å². The molecule has 0 aliphatic carbocycles. The molecule has 0 spiro atoms. The monoisotopic (exact) mass is 274 g/mol. The van der Waals surface area contributed by atoms with Crippen LogP contribution in [0, 0.1) is 6.92 Å². The van der Waals surface area contributed by atoms with E-state index < -0.39 is 0 Å². The predicted molar refractivity (Wildman–Crippen MR) is 92.2 cm³/mol. The van der Waals surface area contributed by atoms with Crippen molar-refractivity contribution < 1.29 is 4.74 Å². The second-order valence-electron chi connectivity index (χ2n) is 3.61. The molecule has 0 aliphatic rings. The van der Waals surface area contributed by atoms with Gasteiger partial charge in [-0.1, -0.05) is 64.6 Å². The number of rotatable bonds is 4. The summed E-state index contributed by atoms with van der Waals surface area (Å²) in [6, 6.07) is 7.97. The summed E-state index contributed by atoms with van der Waals surface area (Å²) in [5.41, 5.74) is 2.23. The fourth-order valence-electron chi connectivity index (χ4n) is 1.28. The van der Waals surface area contributed by atoms with Crippen LogP contribution in [0.1, 0.15) is 47.1 Å². The maximum atomic E-state index is 5.86. The minimum absolute atomic E-state index is 0.840. The van der Waals surface area contributed by atoms with Crippen molar-refractivity contribution in [3.63, 3.8) is 0 Å². The smallest absolute Gasteiger partial charge is 0.130 e. The van der Waals surface area contributed by atoms with Crippen molar-refractivity contribution >= 4 is 0 Å². The molecule has 1 rings (SSSR count). The Morgan fingerprint density at radius 1 is 1.10 bits per heavy atom. The summed E-state index contributed by atoms with van der Waals surface area (Å²) in [7, 11) is 0. The summed E-state index contributed by atoms with van der Waals surface area (Å²) in [5.74, 6) is 1.73. The lowest BCUT2D eigenvalue weighted by Crippen LogP contribution is -1.98. The lowest BCUT2D eigenvalue weighted by Gasteiger charge is -2.12. The lowest BCUT2D eigenvalue weighted by molar-refractivity contribution is 0.433. The van der Waals surface area contributed by atoms with Gasteiger partial charge in [-0.05, 0) is 44.1 Å². The maximum Gasteiger partial charge on any atom is 0.130 e. The first-order valence-electron chi connectivity index (χ1n) is 7.38. The van der Waals surface area contributed by atoms with Gasteiger partial charge in [-0.15, -0.1) is 0 Å². The molecule has 0 radical (unpaired) electrons. The summed E-state index contributed by atoms with van der Waals surface area (Å²) >= 11 is 0. The zero-order valence-corrected chi connectivity index (χ0v) is 14.2. The number of hydrogen-bond acceptors (Lipinski definition) is 1. The average Bonchev–Trinajstić information content (AvgIpc) is 2.52. The van der Waals surface area contributed by atoms with Crippen molar-refractivity contribution in [2.24, 2.45) is 0 Å². The van der Waals surface area contributed by atoms with Gasteiger partial charge in [0, 0.05) is 0 Å². The molecule has 1 aromatic rings. The Balaban J connectivity index is 0. The molecule has 0 aliphatic heterocycles. The van der Waals surface area contributed by atoms with E-state index in [1.54, 1.807) is 6.08 Å². The Hall–Kier alpha value is -1.76. The van der Waals surface area contributed by atoms with Crippen LogP contribution in [0.5, 0.6) is 5.75 Å². The van der Waals surface area contributed by atoms with E-state index in [0.29, 0.717) is 0 Å². The third-order valence-electron chi connectivity index (χ3n) is 2.40. The van der Waals surface area contributed by atoms with Crippen LogP contribution < -0.4 is 4.74 Å². The van der Waals surface area contributed by atoms with Crippen LogP contribution in [0.25, 0.3) is 0 Å². The van der Waals surface area contributed by atoms with Gasteiger partial charge in [0.15, 0.2) is 0 Å². The zero-order valence-electron chi connectivity index (χ0n) is 14.2. The van der Waals surface area contributed by atoms with Crippen LogP contribution in [0.3, 0.4) is 0 Å². The summed E-state index contributed by atoms with van der Waals surface area (Å²) in [6.45, 7) is 17.7. The van der Waals surface area contributed by atoms with Gasteiger partial charge in [0.25, 0.3) is 0 Å². The largest absolute Gasteiger partial charge is 0.457 e. The van der Waals surface area contributed by atoms with Crippen molar-refractivity contribution in [3.8, 4) is 5.75 Å². The van der Waals surface area contributed by atoms with E-state index in [2.05, 4.69) is 6.58 Å². The molecule has 1 aromatic carbocycles. The highest BCUT2D eigenvalue weighted by Gasteiger charge is 2.03. The molecule has 1 nitrogen and oxygen atoms in total. The van der Waals surface area contributed by atoms with Crippen LogP contribution in [0.2, 0.25) is 0 Å². The molecule has 0 saturated heterocycles. The van der Waals surface area contributed by atoms with E-state index in [4.69, 9.17) is 4.74 Å². The first-order valence-corrected chi connectivity index (χ1v) is 7.38. The van der Waals surface area contributed by atoms with Gasteiger partial charge in [0.2, 0.25) is 0 Å². The minimum atomic E-state index is 0.840. The van der Waals surface area contributed by atoms with Crippen molar-refractivity contribution in [2.45, 2.75) is 48.5 Å². The van der Waals surface area contributed by atoms with E-state index in [0.717, 1.165) is 22.6 Å². The number of aryl methyl sites for hydroxylation is 1. The average molecular weight is 274 g/mol. The molecular weight excluding hydrogens is 244 g/mol. The highest BCUT2D eigenvalue weighted by molar-refractivity contribution is 5.37. The summed E-state index contributed by atoms with van der Waals surface area (Å²) < 4.78 is 5.86. The lowest BCUT2D eigenvalue weighted by atomic mass is 10.2. The van der Waals surface area contributed by atoms with Gasteiger partial charge < -0.3 is 4.74 Å². The van der Waals surface area contributed by atoms with E-state index in [-0.39, 0.29) is 0 Å². The number of allylic oxidation sites excluding steroid dienone is 4. The third kappa shape index (κ3) is 7.63. The third-order valence-corrected chi connectivity index (χ3v) is 2.40. The van der Waals surface area contributed by atoms with Crippen LogP contribution in [-0.4, -0.2) is 0 Å². The summed E-state index contributed by atoms with van der Waals surface area (Å²) in [4.78, 5) is 0. The molecule has 0 bridgehead atoms. The molecular formula is C19H30O. The van der Waals surface area contributed by atoms with E-state index in [1.807, 2.05) is 84.9 Å². The molecule has 0 saturated carbocycles. The minimum Gasteiger partial charge on any atom is -0.457 e. The summed E-state index contributed by atoms with van der Waals surface area (Å²) in [6.07, 6.45) is 5.63. The Kier molecular flexibility index (Phi) is 14.0. The second-order valence-corrected chi connectivity index (χ2v) is 3.61. The molecule has 0 heterocycles. The maximum absolute atomic E-state index is 5.86. The van der Waals surface area contributed by atoms with Gasteiger partial charge in [0.1, 0.15) is 11.5 Å². The van der Waals surface area contributed by atoms with Crippen molar-refractivity contribution in [1.82, 2.24) is 0 Å². The van der Waals surface area contributed by atoms with Gasteiger partial charge >= 0.3 is 0 Å². The van der Waals surface area contributed by atoms with Crippen molar-refractivity contribution in [2.75, 3.05) is 0 Å². The van der Waals surface area contributed by atoms with Crippen LogP contribution in [-0.2, 0) is 0 Å². The van der Waals surface area contributed by atoms with Crippen molar-refractivity contribution in [3.05, 3.63) is 66.0 Å². The predicted octanol–water partition coefficient (Wildman–Crippen LogP) is 6.46. The quantitative estimate of drug-likeness (QED) is 0.452. The summed E-state index contributed by atoms with van der Waals surface area (Å²) in [5, 5.41) is 0. The van der Waals surface area contributed by atoms with Gasteiger partial charge in [-0.3, -0.25) is 0 Å². The number of hydrogen-bond donors (Lipinski definition) is 0. The van der Waals surface area contributed by atoms with Crippen LogP contribution >= 0.6 is 0 Å². The molecule has 0 amide bonds. The van der Waals surface area contributed by atoms with E-state index >= 15 is 0 Å². The SMILES string of the molecule is C=C/C=C(Oc1ccccc1C)\C(C)=C/C.CC.CC. The first kappa shape index (κ1) is 20.6. The number of benzene rings is 1. The highest BCUT2D eigenvalue weighted by Crippen LogP contribution is 2.22. The Labute approximate surface area is 125 Å². The standard InChI is InChI=1S/C15H18O.2C2H6/c1-5-9-14(12(3)6-2)16-15-11-8-7-10-13(15)4;2*1-2/h5-11H,1H2,2-4H3;2*1-2H3/b12-6-,14-9+;;. The van der Waals surface area contributed by atoms with E-state index in [9.17, 15) is 0 Å². The number of para-hydroxylation sites is 1. The fraction of sp³-hybridized carbons (Fsp3) is 0.368. The molecule has 112 valence electrons. The van der Waals surface area contributed by atoms with Gasteiger partial charge in [-0.25, -0.2) is 0 Å². The Morgan fingerprint density at radius 3 is 2.10 bits per heavy atom. The molecule has 20 heavy (non-hydrogen) atoms. The highest BCUT2D eigenvalue weighted by atomic mass is 16.5. The topological polar surface area (TPSA) is 9.23 Å². The fourth-order valence-corrected chi connectivity index (χ4v) is 1.28. The van der Waals surface area contributed by atoms with Crippen LogP contribution in [0.15, 0.2) is 60.4 Å². The molecule has 0 fully saturated rings. The van der Waals surface area contributed by atoms with E-state index in [1.165, 1.54) is 0 Å². The Morgan fingerprint density at radius 2 is 1.65 bits per heavy atom. The molecule has 0 atom stereocenters. The second kappa shape index (κ2) is 13.7. The molecule has 1 heteroatoms. The van der Waals surface area contributed by atoms with Crippen LogP contribution in [0.4, 0.5) is 0 Å². The Bertz CT molecular complexity index is 425. The molecule has 0 N–H and O–H groups in total. The normalized spacial score (nSPS) is 10.6. The van der Waals surface area contributed by atoms with Gasteiger partial charge in [-0.2, -0.15) is 0 Å². The molecule has 0 aromatic heterocycles. The first-order chi connectivity index (χ1) is 9.69. The number of ether oxygens (including phenoxy) is 1. The molecule has 0 unspecified atom stereocenters. The van der Waals surface area contributed by atoms with Gasteiger partial charge in [0.05, 0.1) is 0 Å².